The summed E-state index contributed by atoms with van der Waals surface area (Å²) in [5, 5.41) is 0. The summed E-state index contributed by atoms with van der Waals surface area (Å²) in [5.41, 5.74) is 6.39. The van der Waals surface area contributed by atoms with Crippen molar-refractivity contribution in [2.75, 3.05) is 18.8 Å². The minimum atomic E-state index is -0.324. The first-order valence-electron chi connectivity index (χ1n) is 6.05. The molecule has 1 aromatic heterocycles. The molecule has 1 aromatic rings. The minimum absolute atomic E-state index is 0.0285. The van der Waals surface area contributed by atoms with E-state index in [0.717, 1.165) is 0 Å². The first-order valence-corrected chi connectivity index (χ1v) is 6.05. The summed E-state index contributed by atoms with van der Waals surface area (Å²) in [6, 6.07) is 1.66. The first-order chi connectivity index (χ1) is 8.39. The molecule has 5 nitrogen and oxygen atoms in total. The normalized spacial score (nSPS) is 22.8. The van der Waals surface area contributed by atoms with Crippen LogP contribution in [0.2, 0.25) is 0 Å². The van der Waals surface area contributed by atoms with Gasteiger partial charge in [0.25, 0.3) is 5.91 Å². The quantitative estimate of drug-likeness (QED) is 0.814. The summed E-state index contributed by atoms with van der Waals surface area (Å²) in [5.74, 6) is -0.0573. The number of nitrogen functional groups attached to an aromatic ring is 1. The van der Waals surface area contributed by atoms with Crippen LogP contribution < -0.4 is 5.73 Å². The molecular weight excluding hydrogens is 230 g/mol. The smallest absolute Gasteiger partial charge is 0.256 e. The molecule has 0 bridgehead atoms. The molecule has 0 spiro atoms. The van der Waals surface area contributed by atoms with Crippen LogP contribution >= 0.6 is 0 Å². The molecule has 0 saturated carbocycles. The topological polar surface area (TPSA) is 68.5 Å². The molecule has 0 radical (unpaired) electrons. The SMILES string of the molecule is CC1CN(C(=O)c2ccncc2N)CC(C)(C)O1. The van der Waals surface area contributed by atoms with E-state index in [4.69, 9.17) is 10.5 Å². The van der Waals surface area contributed by atoms with Crippen molar-refractivity contribution >= 4 is 11.6 Å². The number of amides is 1. The number of aromatic nitrogens is 1. The summed E-state index contributed by atoms with van der Waals surface area (Å²) in [6.45, 7) is 7.09. The van der Waals surface area contributed by atoms with Gasteiger partial charge in [0.1, 0.15) is 0 Å². The van der Waals surface area contributed by atoms with Gasteiger partial charge in [0, 0.05) is 19.3 Å². The Kier molecular flexibility index (Phi) is 3.26. The van der Waals surface area contributed by atoms with E-state index in [9.17, 15) is 4.79 Å². The second-order valence-corrected chi connectivity index (χ2v) is 5.34. The lowest BCUT2D eigenvalue weighted by atomic mass is 10.0. The molecule has 0 aliphatic carbocycles. The summed E-state index contributed by atoms with van der Waals surface area (Å²) in [4.78, 5) is 18.1. The number of carbonyl (C=O) groups excluding carboxylic acids is 1. The van der Waals surface area contributed by atoms with E-state index in [1.54, 1.807) is 17.2 Å². The van der Waals surface area contributed by atoms with Gasteiger partial charge in [-0.3, -0.25) is 9.78 Å². The van der Waals surface area contributed by atoms with Crippen LogP contribution in [0.5, 0.6) is 0 Å². The van der Waals surface area contributed by atoms with Crippen LogP contribution in [0.1, 0.15) is 31.1 Å². The first kappa shape index (κ1) is 12.8. The van der Waals surface area contributed by atoms with Gasteiger partial charge in [-0.2, -0.15) is 0 Å². The molecule has 1 aliphatic heterocycles. The number of morpholine rings is 1. The van der Waals surface area contributed by atoms with Crippen molar-refractivity contribution in [3.05, 3.63) is 24.0 Å². The van der Waals surface area contributed by atoms with E-state index in [1.165, 1.54) is 6.20 Å². The fraction of sp³-hybridized carbons (Fsp3) is 0.538. The van der Waals surface area contributed by atoms with Crippen molar-refractivity contribution in [3.63, 3.8) is 0 Å². The number of nitrogens with two attached hydrogens (primary N) is 1. The van der Waals surface area contributed by atoms with Crippen LogP contribution in [0, 0.1) is 0 Å². The predicted octanol–water partition coefficient (Wildman–Crippen LogP) is 1.30. The molecule has 2 N–H and O–H groups in total. The zero-order valence-electron chi connectivity index (χ0n) is 11.0. The molecule has 1 unspecified atom stereocenters. The Morgan fingerprint density at radius 3 is 2.94 bits per heavy atom. The van der Waals surface area contributed by atoms with Gasteiger partial charge in [-0.05, 0) is 26.8 Å². The molecule has 0 aromatic carbocycles. The number of hydrogen-bond acceptors (Lipinski definition) is 4. The summed E-state index contributed by atoms with van der Waals surface area (Å²) >= 11 is 0. The number of rotatable bonds is 1. The van der Waals surface area contributed by atoms with Crippen LogP contribution in [0.3, 0.4) is 0 Å². The zero-order valence-corrected chi connectivity index (χ0v) is 11.0. The van der Waals surface area contributed by atoms with E-state index in [-0.39, 0.29) is 17.6 Å². The molecule has 18 heavy (non-hydrogen) atoms. The van der Waals surface area contributed by atoms with Gasteiger partial charge in [-0.1, -0.05) is 0 Å². The summed E-state index contributed by atoms with van der Waals surface area (Å²) in [6.07, 6.45) is 3.11. The Morgan fingerprint density at radius 1 is 1.61 bits per heavy atom. The maximum Gasteiger partial charge on any atom is 0.256 e. The Labute approximate surface area is 107 Å². The maximum atomic E-state index is 12.4. The molecular formula is C13H19N3O2. The number of anilines is 1. The highest BCUT2D eigenvalue weighted by Crippen LogP contribution is 2.23. The molecule has 1 fully saturated rings. The number of ether oxygens (including phenoxy) is 1. The number of nitrogens with zero attached hydrogens (tertiary/aromatic N) is 2. The number of hydrogen-bond donors (Lipinski definition) is 1. The van der Waals surface area contributed by atoms with E-state index < -0.39 is 0 Å². The third-order valence-corrected chi connectivity index (χ3v) is 2.94. The Morgan fingerprint density at radius 2 is 2.33 bits per heavy atom. The van der Waals surface area contributed by atoms with Crippen molar-refractivity contribution in [2.45, 2.75) is 32.5 Å². The lowest BCUT2D eigenvalue weighted by Gasteiger charge is -2.41. The average Bonchev–Trinajstić information content (AvgIpc) is 2.26. The molecule has 5 heteroatoms. The van der Waals surface area contributed by atoms with Gasteiger partial charge in [0.15, 0.2) is 0 Å². The molecule has 1 atom stereocenters. The van der Waals surface area contributed by atoms with Crippen molar-refractivity contribution in [2.24, 2.45) is 0 Å². The van der Waals surface area contributed by atoms with Crippen LogP contribution in [0.15, 0.2) is 18.5 Å². The zero-order chi connectivity index (χ0) is 13.3. The van der Waals surface area contributed by atoms with Crippen LogP contribution in [0.25, 0.3) is 0 Å². The standard InChI is InChI=1S/C13H19N3O2/c1-9-7-16(8-13(2,3)18-9)12(17)10-4-5-15-6-11(10)14/h4-6,9H,7-8,14H2,1-3H3. The summed E-state index contributed by atoms with van der Waals surface area (Å²) in [7, 11) is 0. The highest BCUT2D eigenvalue weighted by atomic mass is 16.5. The van der Waals surface area contributed by atoms with Gasteiger partial charge < -0.3 is 15.4 Å². The highest BCUT2D eigenvalue weighted by molar-refractivity contribution is 5.98. The highest BCUT2D eigenvalue weighted by Gasteiger charge is 2.34. The van der Waals surface area contributed by atoms with E-state index in [2.05, 4.69) is 4.98 Å². The lowest BCUT2D eigenvalue weighted by Crippen LogP contribution is -2.53. The van der Waals surface area contributed by atoms with Crippen LogP contribution in [-0.2, 0) is 4.74 Å². The monoisotopic (exact) mass is 249 g/mol. The molecule has 1 amide bonds. The lowest BCUT2D eigenvalue weighted by molar-refractivity contribution is -0.118. The second kappa shape index (κ2) is 4.57. The van der Waals surface area contributed by atoms with Gasteiger partial charge in [0.2, 0.25) is 0 Å². The van der Waals surface area contributed by atoms with Crippen LogP contribution in [-0.4, -0.2) is 40.6 Å². The Hall–Kier alpha value is -1.62. The fourth-order valence-electron chi connectivity index (χ4n) is 2.38. The Balaban J connectivity index is 2.22. The summed E-state index contributed by atoms with van der Waals surface area (Å²) < 4.78 is 5.78. The second-order valence-electron chi connectivity index (χ2n) is 5.34. The van der Waals surface area contributed by atoms with Crippen LogP contribution in [0.4, 0.5) is 5.69 Å². The molecule has 2 heterocycles. The minimum Gasteiger partial charge on any atom is -0.397 e. The third kappa shape index (κ3) is 2.61. The molecule has 1 saturated heterocycles. The fourth-order valence-corrected chi connectivity index (χ4v) is 2.38. The molecule has 98 valence electrons. The number of pyridine rings is 1. The Bertz CT molecular complexity index is 459. The van der Waals surface area contributed by atoms with Crippen molar-refractivity contribution in [1.82, 2.24) is 9.88 Å². The van der Waals surface area contributed by atoms with Crippen molar-refractivity contribution in [1.29, 1.82) is 0 Å². The van der Waals surface area contributed by atoms with Crippen molar-refractivity contribution in [3.8, 4) is 0 Å². The van der Waals surface area contributed by atoms with Gasteiger partial charge in [0.05, 0.1) is 29.2 Å². The predicted molar refractivity (Wildman–Crippen MR) is 69.2 cm³/mol. The molecule has 1 aliphatic rings. The van der Waals surface area contributed by atoms with Gasteiger partial charge in [-0.25, -0.2) is 0 Å². The maximum absolute atomic E-state index is 12.4. The average molecular weight is 249 g/mol. The van der Waals surface area contributed by atoms with Crippen molar-refractivity contribution < 1.29 is 9.53 Å². The van der Waals surface area contributed by atoms with E-state index in [1.807, 2.05) is 20.8 Å². The van der Waals surface area contributed by atoms with E-state index in [0.29, 0.717) is 24.3 Å². The largest absolute Gasteiger partial charge is 0.397 e. The van der Waals surface area contributed by atoms with E-state index >= 15 is 0 Å². The van der Waals surface area contributed by atoms with Gasteiger partial charge >= 0.3 is 0 Å². The van der Waals surface area contributed by atoms with Gasteiger partial charge in [-0.15, -0.1) is 0 Å². The third-order valence-electron chi connectivity index (χ3n) is 2.94. The number of carbonyl (C=O) groups is 1. The molecule has 2 rings (SSSR count).